The monoisotopic (exact) mass is 541 g/mol. The molecule has 0 spiro atoms. The SMILES string of the molecule is COc1ccc(C(=O)CCC(=O)N2CCC(c3nc(C(=O)N4CCCC4C(=O)OC(C)C)cs3)CC2)cc1. The minimum atomic E-state index is -0.555. The van der Waals surface area contributed by atoms with Gasteiger partial charge in [-0.2, -0.15) is 0 Å². The number of hydrogen-bond acceptors (Lipinski definition) is 8. The molecule has 2 aromatic rings. The first kappa shape index (κ1) is 27.8. The van der Waals surface area contributed by atoms with Crippen molar-refractivity contribution in [3.8, 4) is 5.75 Å². The predicted molar refractivity (Wildman–Crippen MR) is 143 cm³/mol. The number of aromatic nitrogens is 1. The molecule has 1 aromatic heterocycles. The number of benzene rings is 1. The van der Waals surface area contributed by atoms with E-state index in [4.69, 9.17) is 9.47 Å². The van der Waals surface area contributed by atoms with Gasteiger partial charge in [0, 0.05) is 49.3 Å². The average Bonchev–Trinajstić information content (AvgIpc) is 3.62. The van der Waals surface area contributed by atoms with Crippen LogP contribution in [0, 0.1) is 0 Å². The molecule has 10 heteroatoms. The first-order valence-corrected chi connectivity index (χ1v) is 14.1. The largest absolute Gasteiger partial charge is 0.497 e. The molecule has 2 aliphatic rings. The zero-order chi connectivity index (χ0) is 27.2. The summed E-state index contributed by atoms with van der Waals surface area (Å²) in [5.74, 6) is 0.187. The van der Waals surface area contributed by atoms with E-state index < -0.39 is 6.04 Å². The maximum absolute atomic E-state index is 13.1. The van der Waals surface area contributed by atoms with Crippen molar-refractivity contribution < 1.29 is 28.7 Å². The molecule has 2 amide bonds. The lowest BCUT2D eigenvalue weighted by Crippen LogP contribution is -2.42. The van der Waals surface area contributed by atoms with Gasteiger partial charge in [0.1, 0.15) is 17.5 Å². The molecule has 0 aliphatic carbocycles. The lowest BCUT2D eigenvalue weighted by molar-refractivity contribution is -0.152. The molecule has 0 saturated carbocycles. The standard InChI is InChI=1S/C28H35N3O6S/c1-18(2)37-28(35)23-5-4-14-31(23)27(34)22-17-38-26(29-22)20-12-15-30(16-13-20)25(33)11-10-24(32)19-6-8-21(36-3)9-7-19/h6-9,17-18,20,23H,4-5,10-16H2,1-3H3. The smallest absolute Gasteiger partial charge is 0.329 e. The highest BCUT2D eigenvalue weighted by Gasteiger charge is 2.37. The summed E-state index contributed by atoms with van der Waals surface area (Å²) in [6, 6.07) is 6.35. The summed E-state index contributed by atoms with van der Waals surface area (Å²) < 4.78 is 10.5. The zero-order valence-corrected chi connectivity index (χ0v) is 23.0. The minimum Gasteiger partial charge on any atom is -0.497 e. The summed E-state index contributed by atoms with van der Waals surface area (Å²) in [6.45, 7) is 5.31. The van der Waals surface area contributed by atoms with Crippen molar-refractivity contribution in [3.05, 3.63) is 45.9 Å². The summed E-state index contributed by atoms with van der Waals surface area (Å²) in [7, 11) is 1.57. The highest BCUT2D eigenvalue weighted by molar-refractivity contribution is 7.09. The normalized spacial score (nSPS) is 18.1. The Morgan fingerprint density at radius 2 is 1.74 bits per heavy atom. The molecule has 0 N–H and O–H groups in total. The van der Waals surface area contributed by atoms with E-state index in [9.17, 15) is 19.2 Å². The van der Waals surface area contributed by atoms with Crippen LogP contribution in [0.2, 0.25) is 0 Å². The van der Waals surface area contributed by atoms with Gasteiger partial charge in [0.2, 0.25) is 5.91 Å². The van der Waals surface area contributed by atoms with Crippen molar-refractivity contribution in [2.24, 2.45) is 0 Å². The molecule has 1 unspecified atom stereocenters. The Morgan fingerprint density at radius 3 is 2.39 bits per heavy atom. The van der Waals surface area contributed by atoms with E-state index in [1.807, 2.05) is 4.90 Å². The van der Waals surface area contributed by atoms with Crippen LogP contribution in [-0.4, -0.2) is 77.2 Å². The molecule has 1 aromatic carbocycles. The molecule has 0 radical (unpaired) electrons. The fourth-order valence-corrected chi connectivity index (χ4v) is 5.93. The van der Waals surface area contributed by atoms with Crippen molar-refractivity contribution in [2.75, 3.05) is 26.7 Å². The molecule has 4 rings (SSSR count). The molecule has 204 valence electrons. The number of esters is 1. The Morgan fingerprint density at radius 1 is 1.03 bits per heavy atom. The maximum atomic E-state index is 13.1. The second-order valence-corrected chi connectivity index (χ2v) is 10.9. The summed E-state index contributed by atoms with van der Waals surface area (Å²) in [6.07, 6.45) is 3.01. The maximum Gasteiger partial charge on any atom is 0.329 e. The van der Waals surface area contributed by atoms with Crippen LogP contribution in [0.5, 0.6) is 5.75 Å². The van der Waals surface area contributed by atoms with Gasteiger partial charge in [-0.25, -0.2) is 9.78 Å². The molecule has 3 heterocycles. The van der Waals surface area contributed by atoms with E-state index in [0.717, 1.165) is 24.3 Å². The minimum absolute atomic E-state index is 0.0197. The third-order valence-corrected chi connectivity index (χ3v) is 8.06. The van der Waals surface area contributed by atoms with Crippen molar-refractivity contribution in [3.63, 3.8) is 0 Å². The van der Waals surface area contributed by atoms with E-state index >= 15 is 0 Å². The van der Waals surface area contributed by atoms with Gasteiger partial charge in [-0.15, -0.1) is 11.3 Å². The molecule has 38 heavy (non-hydrogen) atoms. The summed E-state index contributed by atoms with van der Waals surface area (Å²) >= 11 is 1.46. The Balaban J connectivity index is 1.26. The molecule has 2 fully saturated rings. The van der Waals surface area contributed by atoms with Gasteiger partial charge >= 0.3 is 5.97 Å². The number of nitrogens with zero attached hydrogens (tertiary/aromatic N) is 3. The van der Waals surface area contributed by atoms with Gasteiger partial charge in [-0.3, -0.25) is 14.4 Å². The molecule has 1 atom stereocenters. The van der Waals surface area contributed by atoms with Gasteiger partial charge in [-0.1, -0.05) is 0 Å². The number of carbonyl (C=O) groups excluding carboxylic acids is 4. The number of thiazole rings is 1. The Kier molecular flexibility index (Phi) is 9.14. The number of hydrogen-bond donors (Lipinski definition) is 0. The number of methoxy groups -OCH3 is 1. The molecule has 2 aliphatic heterocycles. The number of likely N-dealkylation sites (tertiary alicyclic amines) is 2. The third-order valence-electron chi connectivity index (χ3n) is 7.05. The van der Waals surface area contributed by atoms with Crippen molar-refractivity contribution >= 4 is 34.9 Å². The van der Waals surface area contributed by atoms with Crippen LogP contribution in [0.15, 0.2) is 29.6 Å². The number of carbonyl (C=O) groups is 4. The first-order valence-electron chi connectivity index (χ1n) is 13.2. The Labute approximate surface area is 227 Å². The second-order valence-electron chi connectivity index (χ2n) is 10.0. The number of amides is 2. The Hall–Kier alpha value is -3.27. The lowest BCUT2D eigenvalue weighted by atomic mass is 9.97. The number of ketones is 1. The van der Waals surface area contributed by atoms with Crippen LogP contribution < -0.4 is 4.74 Å². The summed E-state index contributed by atoms with van der Waals surface area (Å²) in [4.78, 5) is 58.7. The number of piperidine rings is 1. The predicted octanol–water partition coefficient (Wildman–Crippen LogP) is 4.08. The van der Waals surface area contributed by atoms with Crippen LogP contribution in [-0.2, 0) is 14.3 Å². The van der Waals surface area contributed by atoms with E-state index in [1.54, 1.807) is 55.5 Å². The van der Waals surface area contributed by atoms with Crippen molar-refractivity contribution in [2.45, 2.75) is 70.4 Å². The third kappa shape index (κ3) is 6.59. The summed E-state index contributed by atoms with van der Waals surface area (Å²) in [5, 5.41) is 2.65. The molecular weight excluding hydrogens is 506 g/mol. The average molecular weight is 542 g/mol. The fraction of sp³-hybridized carbons (Fsp3) is 0.536. The van der Waals surface area contributed by atoms with Crippen LogP contribution >= 0.6 is 11.3 Å². The van der Waals surface area contributed by atoms with E-state index in [1.165, 1.54) is 11.3 Å². The van der Waals surface area contributed by atoms with E-state index in [-0.39, 0.29) is 48.4 Å². The quantitative estimate of drug-likeness (QED) is 0.348. The highest BCUT2D eigenvalue weighted by Crippen LogP contribution is 2.32. The molecule has 9 nitrogen and oxygen atoms in total. The fourth-order valence-electron chi connectivity index (χ4n) is 4.96. The van der Waals surface area contributed by atoms with Gasteiger partial charge in [0.25, 0.3) is 5.91 Å². The highest BCUT2D eigenvalue weighted by atomic mass is 32.1. The Bertz CT molecular complexity index is 1150. The van der Waals surface area contributed by atoms with Gasteiger partial charge in [-0.05, 0) is 63.8 Å². The number of ether oxygens (including phenoxy) is 2. The van der Waals surface area contributed by atoms with Crippen molar-refractivity contribution in [1.82, 2.24) is 14.8 Å². The summed E-state index contributed by atoms with van der Waals surface area (Å²) in [5.41, 5.74) is 0.938. The van der Waals surface area contributed by atoms with Crippen LogP contribution in [0.1, 0.15) is 84.1 Å². The van der Waals surface area contributed by atoms with Crippen LogP contribution in [0.25, 0.3) is 0 Å². The van der Waals surface area contributed by atoms with Crippen molar-refractivity contribution in [1.29, 1.82) is 0 Å². The zero-order valence-electron chi connectivity index (χ0n) is 22.2. The van der Waals surface area contributed by atoms with Gasteiger partial charge in [0.05, 0.1) is 18.2 Å². The second kappa shape index (κ2) is 12.5. The lowest BCUT2D eigenvalue weighted by Gasteiger charge is -2.31. The van der Waals surface area contributed by atoms with E-state index in [0.29, 0.717) is 43.1 Å². The molecular formula is C28H35N3O6S. The first-order chi connectivity index (χ1) is 18.3. The van der Waals surface area contributed by atoms with Gasteiger partial charge < -0.3 is 19.3 Å². The van der Waals surface area contributed by atoms with Crippen LogP contribution in [0.3, 0.4) is 0 Å². The number of rotatable bonds is 9. The molecule has 0 bridgehead atoms. The molecule has 2 saturated heterocycles. The van der Waals surface area contributed by atoms with E-state index in [2.05, 4.69) is 4.98 Å². The van der Waals surface area contributed by atoms with Crippen LogP contribution in [0.4, 0.5) is 0 Å². The van der Waals surface area contributed by atoms with Gasteiger partial charge in [0.15, 0.2) is 5.78 Å². The topological polar surface area (TPSA) is 106 Å². The number of Topliss-reactive ketones (excluding diaryl/α,β-unsaturated/α-hetero) is 1.